The molecule has 1 fully saturated rings. The number of ether oxygens (including phenoxy) is 1. The van der Waals surface area contributed by atoms with Crippen LogP contribution in [0.4, 0.5) is 0 Å². The number of H-pyrrole nitrogens is 1. The first-order valence-corrected chi connectivity index (χ1v) is 7.61. The Bertz CT molecular complexity index is 528. The summed E-state index contributed by atoms with van der Waals surface area (Å²) in [7, 11) is -1.99. The number of hydrogen-bond acceptors (Lipinski definition) is 4. The van der Waals surface area contributed by atoms with Gasteiger partial charge in [-0.05, 0) is 13.3 Å². The Balaban J connectivity index is 2.31. The molecule has 1 unspecified atom stereocenters. The Labute approximate surface area is 111 Å². The van der Waals surface area contributed by atoms with Gasteiger partial charge < -0.3 is 4.74 Å². The molecule has 0 bridgehead atoms. The van der Waals surface area contributed by atoms with Crippen molar-refractivity contribution in [1.29, 1.82) is 0 Å². The Morgan fingerprint density at radius 1 is 1.61 bits per heavy atom. The van der Waals surface area contributed by atoms with Gasteiger partial charge in [-0.3, -0.25) is 5.10 Å². The predicted octanol–water partition coefficient (Wildman–Crippen LogP) is 0.866. The van der Waals surface area contributed by atoms with E-state index in [0.717, 1.165) is 0 Å². The summed E-state index contributed by atoms with van der Waals surface area (Å²) in [6, 6.07) is 0. The molecule has 1 aliphatic rings. The molecule has 1 saturated heterocycles. The summed E-state index contributed by atoms with van der Waals surface area (Å²) in [4.78, 5) is 0. The first kappa shape index (κ1) is 13.8. The van der Waals surface area contributed by atoms with Gasteiger partial charge in [-0.1, -0.05) is 0 Å². The Morgan fingerprint density at radius 3 is 2.89 bits per heavy atom. The van der Waals surface area contributed by atoms with Gasteiger partial charge in [0, 0.05) is 31.5 Å². The molecule has 18 heavy (non-hydrogen) atoms. The van der Waals surface area contributed by atoms with Gasteiger partial charge in [-0.25, -0.2) is 8.42 Å². The van der Waals surface area contributed by atoms with Crippen LogP contribution in [0.1, 0.15) is 17.7 Å². The van der Waals surface area contributed by atoms with E-state index in [-0.39, 0.29) is 17.0 Å². The van der Waals surface area contributed by atoms with Crippen molar-refractivity contribution < 1.29 is 13.2 Å². The van der Waals surface area contributed by atoms with E-state index in [9.17, 15) is 8.42 Å². The largest absolute Gasteiger partial charge is 0.380 e. The fourth-order valence-corrected chi connectivity index (χ4v) is 4.09. The second kappa shape index (κ2) is 5.16. The van der Waals surface area contributed by atoms with Crippen molar-refractivity contribution in [3.05, 3.63) is 11.3 Å². The van der Waals surface area contributed by atoms with Gasteiger partial charge in [0.2, 0.25) is 0 Å². The molecule has 8 heteroatoms. The second-order valence-electron chi connectivity index (χ2n) is 4.28. The van der Waals surface area contributed by atoms with Gasteiger partial charge in [0.15, 0.2) is 5.03 Å². The minimum Gasteiger partial charge on any atom is -0.380 e. The topological polar surface area (TPSA) is 75.3 Å². The molecule has 0 aliphatic carbocycles. The molecule has 1 aromatic heterocycles. The maximum Gasteiger partial charge on any atom is 0.262 e. The van der Waals surface area contributed by atoms with Crippen molar-refractivity contribution in [2.75, 3.05) is 20.2 Å². The zero-order valence-corrected chi connectivity index (χ0v) is 11.9. The van der Waals surface area contributed by atoms with E-state index in [1.807, 2.05) is 0 Å². The number of aromatic nitrogens is 2. The number of nitrogens with one attached hydrogen (secondary N) is 1. The Morgan fingerprint density at radius 2 is 2.33 bits per heavy atom. The minimum absolute atomic E-state index is 0.0340. The fraction of sp³-hybridized carbons (Fsp3) is 0.700. The summed E-state index contributed by atoms with van der Waals surface area (Å²) in [5, 5.41) is 6.58. The third-order valence-electron chi connectivity index (χ3n) is 3.19. The van der Waals surface area contributed by atoms with Gasteiger partial charge >= 0.3 is 0 Å². The zero-order chi connectivity index (χ0) is 13.3. The van der Waals surface area contributed by atoms with Crippen LogP contribution in [0.2, 0.25) is 0 Å². The number of nitrogens with zero attached hydrogens (tertiary/aromatic N) is 2. The summed E-state index contributed by atoms with van der Waals surface area (Å²) in [5.74, 6) is 0.123. The summed E-state index contributed by atoms with van der Waals surface area (Å²) in [6.45, 7) is 2.58. The monoisotopic (exact) mass is 293 g/mol. The van der Waals surface area contributed by atoms with Crippen LogP contribution < -0.4 is 0 Å². The molecule has 0 saturated carbocycles. The lowest BCUT2D eigenvalue weighted by Crippen LogP contribution is -2.31. The molecular weight excluding hydrogens is 278 g/mol. The van der Waals surface area contributed by atoms with Gasteiger partial charge in [-0.2, -0.15) is 9.40 Å². The van der Waals surface area contributed by atoms with E-state index >= 15 is 0 Å². The van der Waals surface area contributed by atoms with Crippen LogP contribution in [0.15, 0.2) is 5.03 Å². The van der Waals surface area contributed by atoms with Crippen molar-refractivity contribution in [2.24, 2.45) is 0 Å². The molecule has 1 atom stereocenters. The van der Waals surface area contributed by atoms with E-state index in [2.05, 4.69) is 10.2 Å². The molecule has 1 N–H and O–H groups in total. The maximum absolute atomic E-state index is 12.4. The highest BCUT2D eigenvalue weighted by atomic mass is 35.5. The number of hydrogen-bond donors (Lipinski definition) is 1. The summed E-state index contributed by atoms with van der Waals surface area (Å²) in [6.07, 6.45) is 0.661. The first-order valence-electron chi connectivity index (χ1n) is 5.63. The minimum atomic E-state index is -3.58. The van der Waals surface area contributed by atoms with Crippen molar-refractivity contribution in [3.63, 3.8) is 0 Å². The predicted molar refractivity (Wildman–Crippen MR) is 67.1 cm³/mol. The molecule has 1 aliphatic heterocycles. The number of sulfonamides is 1. The fourth-order valence-electron chi connectivity index (χ4n) is 2.03. The van der Waals surface area contributed by atoms with Gasteiger partial charge in [0.1, 0.15) is 0 Å². The van der Waals surface area contributed by atoms with Crippen LogP contribution in [0, 0.1) is 6.92 Å². The number of aryl methyl sites for hydroxylation is 1. The quantitative estimate of drug-likeness (QED) is 0.836. The molecule has 2 rings (SSSR count). The van der Waals surface area contributed by atoms with Gasteiger partial charge in [-0.15, -0.1) is 11.6 Å². The standard InChI is InChI=1S/C10H16ClN3O3S/c1-7-9(5-11)10(13-12-7)18(15,16)14-4-3-8(6-14)17-2/h8H,3-6H2,1-2H3,(H,12,13). The van der Waals surface area contributed by atoms with E-state index < -0.39 is 10.0 Å². The average Bonchev–Trinajstić information content (AvgIpc) is 2.95. The van der Waals surface area contributed by atoms with Crippen molar-refractivity contribution in [2.45, 2.75) is 30.4 Å². The number of alkyl halides is 1. The van der Waals surface area contributed by atoms with Crippen LogP contribution in [-0.2, 0) is 20.6 Å². The van der Waals surface area contributed by atoms with E-state index in [1.54, 1.807) is 14.0 Å². The van der Waals surface area contributed by atoms with Gasteiger partial charge in [0.05, 0.1) is 12.0 Å². The number of rotatable bonds is 4. The lowest BCUT2D eigenvalue weighted by atomic mass is 10.3. The Kier molecular flexibility index (Phi) is 3.96. The molecule has 0 radical (unpaired) electrons. The van der Waals surface area contributed by atoms with Crippen LogP contribution in [0.5, 0.6) is 0 Å². The van der Waals surface area contributed by atoms with Crippen LogP contribution in [0.25, 0.3) is 0 Å². The lowest BCUT2D eigenvalue weighted by molar-refractivity contribution is 0.115. The van der Waals surface area contributed by atoms with Crippen LogP contribution in [0.3, 0.4) is 0 Å². The summed E-state index contributed by atoms with van der Waals surface area (Å²) < 4.78 is 31.4. The molecule has 6 nitrogen and oxygen atoms in total. The van der Waals surface area contributed by atoms with Crippen LogP contribution >= 0.6 is 11.6 Å². The van der Waals surface area contributed by atoms with Crippen molar-refractivity contribution in [3.8, 4) is 0 Å². The maximum atomic E-state index is 12.4. The summed E-state index contributed by atoms with van der Waals surface area (Å²) in [5.41, 5.74) is 1.23. The first-order chi connectivity index (χ1) is 8.50. The SMILES string of the molecule is COC1CCN(S(=O)(=O)c2n[nH]c(C)c2CCl)C1. The highest BCUT2D eigenvalue weighted by Crippen LogP contribution is 2.25. The number of halogens is 1. The van der Waals surface area contributed by atoms with E-state index in [4.69, 9.17) is 16.3 Å². The smallest absolute Gasteiger partial charge is 0.262 e. The zero-order valence-electron chi connectivity index (χ0n) is 10.3. The average molecular weight is 294 g/mol. The lowest BCUT2D eigenvalue weighted by Gasteiger charge is -2.15. The second-order valence-corrected chi connectivity index (χ2v) is 6.40. The van der Waals surface area contributed by atoms with E-state index in [0.29, 0.717) is 30.8 Å². The molecule has 2 heterocycles. The summed E-state index contributed by atoms with van der Waals surface area (Å²) >= 11 is 5.78. The molecular formula is C10H16ClN3O3S. The molecule has 1 aromatic rings. The third kappa shape index (κ3) is 2.27. The molecule has 102 valence electrons. The van der Waals surface area contributed by atoms with Gasteiger partial charge in [0.25, 0.3) is 10.0 Å². The normalized spacial score (nSPS) is 21.6. The van der Waals surface area contributed by atoms with Crippen molar-refractivity contribution in [1.82, 2.24) is 14.5 Å². The molecule has 0 aromatic carbocycles. The third-order valence-corrected chi connectivity index (χ3v) is 5.30. The van der Waals surface area contributed by atoms with E-state index in [1.165, 1.54) is 4.31 Å². The Hall–Kier alpha value is -0.630. The molecule has 0 spiro atoms. The van der Waals surface area contributed by atoms with Crippen molar-refractivity contribution >= 4 is 21.6 Å². The number of aromatic amines is 1. The highest BCUT2D eigenvalue weighted by Gasteiger charge is 2.35. The molecule has 0 amide bonds. The highest BCUT2D eigenvalue weighted by molar-refractivity contribution is 7.89. The number of methoxy groups -OCH3 is 1. The van der Waals surface area contributed by atoms with Crippen LogP contribution in [-0.4, -0.2) is 49.2 Å².